The zero-order valence-electron chi connectivity index (χ0n) is 15.8. The Morgan fingerprint density at radius 1 is 0.828 bits per heavy atom. The molecule has 0 radical (unpaired) electrons. The second-order valence-corrected chi connectivity index (χ2v) is 6.27. The Balaban J connectivity index is 1.94. The lowest BCUT2D eigenvalue weighted by Gasteiger charge is -2.11. The van der Waals surface area contributed by atoms with Gasteiger partial charge in [0.1, 0.15) is 0 Å². The minimum absolute atomic E-state index is 0.266. The van der Waals surface area contributed by atoms with Gasteiger partial charge in [-0.15, -0.1) is 0 Å². The van der Waals surface area contributed by atoms with Crippen molar-refractivity contribution in [2.75, 3.05) is 14.2 Å². The number of carbonyl (C=O) groups excluding carboxylic acids is 2. The summed E-state index contributed by atoms with van der Waals surface area (Å²) in [6.45, 7) is 0. The third-order valence-corrected chi connectivity index (χ3v) is 4.65. The van der Waals surface area contributed by atoms with Gasteiger partial charge in [0, 0.05) is 16.5 Å². The van der Waals surface area contributed by atoms with Crippen LogP contribution >= 0.6 is 0 Å². The normalized spacial score (nSPS) is 10.7. The Labute approximate surface area is 166 Å². The van der Waals surface area contributed by atoms with E-state index in [0.29, 0.717) is 28.0 Å². The predicted octanol–water partition coefficient (Wildman–Crippen LogP) is 4.74. The number of hydrogen-bond acceptors (Lipinski definition) is 6. The highest BCUT2D eigenvalue weighted by molar-refractivity contribution is 6.16. The molecule has 6 heteroatoms. The van der Waals surface area contributed by atoms with Crippen molar-refractivity contribution in [3.63, 3.8) is 0 Å². The molecule has 0 N–H and O–H groups in total. The van der Waals surface area contributed by atoms with E-state index in [2.05, 4.69) is 4.98 Å². The molecule has 0 unspecified atom stereocenters. The first-order valence-electron chi connectivity index (χ1n) is 8.88. The molecule has 0 aliphatic rings. The van der Waals surface area contributed by atoms with E-state index in [1.54, 1.807) is 36.5 Å². The minimum atomic E-state index is -0.546. The van der Waals surface area contributed by atoms with Crippen LogP contribution in [0, 0.1) is 0 Å². The third kappa shape index (κ3) is 3.25. The lowest BCUT2D eigenvalue weighted by Crippen LogP contribution is -2.08. The summed E-state index contributed by atoms with van der Waals surface area (Å²) in [7, 11) is 2.59. The van der Waals surface area contributed by atoms with Crippen molar-refractivity contribution in [2.24, 2.45) is 0 Å². The maximum atomic E-state index is 12.3. The van der Waals surface area contributed by atoms with Crippen molar-refractivity contribution >= 4 is 22.7 Å². The van der Waals surface area contributed by atoms with Gasteiger partial charge in [0.05, 0.1) is 31.5 Å². The summed E-state index contributed by atoms with van der Waals surface area (Å²) < 4.78 is 15.8. The van der Waals surface area contributed by atoms with Crippen molar-refractivity contribution in [1.29, 1.82) is 0 Å². The van der Waals surface area contributed by atoms with Crippen LogP contribution in [0.25, 0.3) is 33.6 Å². The summed E-state index contributed by atoms with van der Waals surface area (Å²) in [5, 5.41) is 1.07. The van der Waals surface area contributed by atoms with Gasteiger partial charge in [0.15, 0.2) is 5.76 Å². The van der Waals surface area contributed by atoms with Crippen LogP contribution in [0.4, 0.5) is 0 Å². The van der Waals surface area contributed by atoms with E-state index in [1.807, 2.05) is 30.3 Å². The van der Waals surface area contributed by atoms with Crippen LogP contribution in [-0.4, -0.2) is 31.1 Å². The molecule has 6 nitrogen and oxygen atoms in total. The molecular weight excluding hydrogens is 370 g/mol. The van der Waals surface area contributed by atoms with E-state index in [4.69, 9.17) is 13.9 Å². The minimum Gasteiger partial charge on any atom is -0.465 e. The van der Waals surface area contributed by atoms with E-state index in [-0.39, 0.29) is 11.1 Å². The summed E-state index contributed by atoms with van der Waals surface area (Å²) in [6, 6.07) is 18.1. The van der Waals surface area contributed by atoms with Gasteiger partial charge in [-0.3, -0.25) is 0 Å². The first-order valence-corrected chi connectivity index (χ1v) is 8.88. The molecule has 0 amide bonds. The molecule has 0 bridgehead atoms. The monoisotopic (exact) mass is 387 g/mol. The van der Waals surface area contributed by atoms with Gasteiger partial charge in [0.2, 0.25) is 5.89 Å². The predicted molar refractivity (Wildman–Crippen MR) is 108 cm³/mol. The quantitative estimate of drug-likeness (QED) is 0.471. The van der Waals surface area contributed by atoms with Crippen LogP contribution in [0.5, 0.6) is 0 Å². The van der Waals surface area contributed by atoms with Crippen molar-refractivity contribution in [3.8, 4) is 22.8 Å². The SMILES string of the molecule is COC(=O)c1cccc2c(-c3ncc(-c4ccccc4)o3)ccc(C(=O)OC)c12. The Morgan fingerprint density at radius 3 is 2.21 bits per heavy atom. The average molecular weight is 387 g/mol. The van der Waals surface area contributed by atoms with Gasteiger partial charge in [0.25, 0.3) is 0 Å². The van der Waals surface area contributed by atoms with E-state index in [0.717, 1.165) is 5.56 Å². The molecule has 4 aromatic rings. The molecule has 0 spiro atoms. The van der Waals surface area contributed by atoms with E-state index < -0.39 is 11.9 Å². The summed E-state index contributed by atoms with van der Waals surface area (Å²) in [5.74, 6) is -0.0900. The van der Waals surface area contributed by atoms with Crippen LogP contribution in [0.3, 0.4) is 0 Å². The maximum absolute atomic E-state index is 12.3. The van der Waals surface area contributed by atoms with E-state index >= 15 is 0 Å². The maximum Gasteiger partial charge on any atom is 0.338 e. The number of hydrogen-bond donors (Lipinski definition) is 0. The molecule has 0 aliphatic heterocycles. The number of nitrogens with zero attached hydrogens (tertiary/aromatic N) is 1. The molecule has 1 heterocycles. The number of oxazole rings is 1. The standard InChI is InChI=1S/C23H17NO5/c1-27-22(25)17-10-6-9-15-16(11-12-18(20(15)17)23(26)28-2)21-24-13-19(29-21)14-7-4-3-5-8-14/h3-13H,1-2H3. The molecule has 0 saturated heterocycles. The Bertz CT molecular complexity index is 1190. The molecule has 4 rings (SSSR count). The molecule has 0 atom stereocenters. The Hall–Kier alpha value is -3.93. The fourth-order valence-corrected chi connectivity index (χ4v) is 3.29. The van der Waals surface area contributed by atoms with Gasteiger partial charge in [-0.2, -0.15) is 0 Å². The number of rotatable bonds is 4. The summed E-state index contributed by atoms with van der Waals surface area (Å²) in [5.41, 5.74) is 2.08. The van der Waals surface area contributed by atoms with Crippen LogP contribution in [0.1, 0.15) is 20.7 Å². The number of aromatic nitrogens is 1. The van der Waals surface area contributed by atoms with Crippen molar-refractivity contribution < 1.29 is 23.5 Å². The van der Waals surface area contributed by atoms with Crippen LogP contribution in [0.2, 0.25) is 0 Å². The fraction of sp³-hybridized carbons (Fsp3) is 0.0870. The number of benzene rings is 3. The summed E-state index contributed by atoms with van der Waals surface area (Å²) in [6.07, 6.45) is 1.65. The third-order valence-electron chi connectivity index (χ3n) is 4.65. The largest absolute Gasteiger partial charge is 0.465 e. The smallest absolute Gasteiger partial charge is 0.338 e. The second kappa shape index (κ2) is 7.59. The topological polar surface area (TPSA) is 78.6 Å². The number of fused-ring (bicyclic) bond motifs is 1. The Morgan fingerprint density at radius 2 is 1.52 bits per heavy atom. The molecular formula is C23H17NO5. The van der Waals surface area contributed by atoms with Crippen molar-refractivity contribution in [1.82, 2.24) is 4.98 Å². The highest BCUT2D eigenvalue weighted by Gasteiger charge is 2.22. The first-order chi connectivity index (χ1) is 14.1. The lowest BCUT2D eigenvalue weighted by atomic mass is 9.95. The highest BCUT2D eigenvalue weighted by atomic mass is 16.5. The van der Waals surface area contributed by atoms with E-state index in [9.17, 15) is 9.59 Å². The lowest BCUT2D eigenvalue weighted by molar-refractivity contribution is 0.0601. The zero-order valence-corrected chi connectivity index (χ0v) is 15.8. The molecule has 0 aliphatic carbocycles. The van der Waals surface area contributed by atoms with Crippen molar-refractivity contribution in [3.05, 3.63) is 78.0 Å². The molecule has 1 aromatic heterocycles. The average Bonchev–Trinajstić information content (AvgIpc) is 3.27. The molecule has 3 aromatic carbocycles. The van der Waals surface area contributed by atoms with Crippen LogP contribution < -0.4 is 0 Å². The Kier molecular flexibility index (Phi) is 4.83. The number of methoxy groups -OCH3 is 2. The zero-order chi connectivity index (χ0) is 20.4. The number of esters is 2. The van der Waals surface area contributed by atoms with E-state index in [1.165, 1.54) is 14.2 Å². The first kappa shape index (κ1) is 18.4. The highest BCUT2D eigenvalue weighted by Crippen LogP contribution is 2.35. The molecule has 0 saturated carbocycles. The number of carbonyl (C=O) groups is 2. The molecule has 29 heavy (non-hydrogen) atoms. The van der Waals surface area contributed by atoms with Gasteiger partial charge in [-0.25, -0.2) is 14.6 Å². The number of ether oxygens (including phenoxy) is 2. The summed E-state index contributed by atoms with van der Waals surface area (Å²) >= 11 is 0. The molecule has 0 fully saturated rings. The van der Waals surface area contributed by atoms with Gasteiger partial charge in [-0.05, 0) is 23.6 Å². The van der Waals surface area contributed by atoms with Gasteiger partial charge >= 0.3 is 11.9 Å². The molecule has 144 valence electrons. The van der Waals surface area contributed by atoms with Crippen LogP contribution in [0.15, 0.2) is 71.3 Å². The summed E-state index contributed by atoms with van der Waals surface area (Å²) in [4.78, 5) is 29.0. The van der Waals surface area contributed by atoms with Gasteiger partial charge < -0.3 is 13.9 Å². The van der Waals surface area contributed by atoms with Crippen LogP contribution in [-0.2, 0) is 9.47 Å². The van der Waals surface area contributed by atoms with Gasteiger partial charge in [-0.1, -0.05) is 42.5 Å². The van der Waals surface area contributed by atoms with Crippen molar-refractivity contribution in [2.45, 2.75) is 0 Å². The fourth-order valence-electron chi connectivity index (χ4n) is 3.29. The second-order valence-electron chi connectivity index (χ2n) is 6.27.